The van der Waals surface area contributed by atoms with Gasteiger partial charge in [0.15, 0.2) is 17.5 Å². The summed E-state index contributed by atoms with van der Waals surface area (Å²) in [5.41, 5.74) is 1.39. The molecule has 0 unspecified atom stereocenters. The molecule has 4 rings (SSSR count). The van der Waals surface area contributed by atoms with Gasteiger partial charge >= 0.3 is 0 Å². The zero-order chi connectivity index (χ0) is 20.1. The van der Waals surface area contributed by atoms with Crippen molar-refractivity contribution in [2.75, 3.05) is 53.6 Å². The van der Waals surface area contributed by atoms with E-state index in [9.17, 15) is 0 Å². The van der Waals surface area contributed by atoms with Crippen LogP contribution >= 0.6 is 0 Å². The van der Waals surface area contributed by atoms with E-state index in [1.807, 2.05) is 19.2 Å². The van der Waals surface area contributed by atoms with Crippen molar-refractivity contribution in [2.45, 2.75) is 44.2 Å². The second-order valence-corrected chi connectivity index (χ2v) is 8.54. The fourth-order valence-electron chi connectivity index (χ4n) is 4.71. The van der Waals surface area contributed by atoms with Gasteiger partial charge in [0.2, 0.25) is 6.79 Å². The van der Waals surface area contributed by atoms with E-state index in [0.717, 1.165) is 29.6 Å². The molecular weight excluding hydrogens is 366 g/mol. The van der Waals surface area contributed by atoms with Crippen molar-refractivity contribution in [1.29, 1.82) is 0 Å². The van der Waals surface area contributed by atoms with Gasteiger partial charge in [-0.05, 0) is 76.6 Å². The minimum Gasteiger partial charge on any atom is -0.454 e. The van der Waals surface area contributed by atoms with Crippen LogP contribution in [0.15, 0.2) is 23.2 Å². The number of ether oxygens (including phenoxy) is 2. The highest BCUT2D eigenvalue weighted by Gasteiger charge is 2.39. The Morgan fingerprint density at radius 2 is 1.79 bits per heavy atom. The van der Waals surface area contributed by atoms with Gasteiger partial charge in [-0.25, -0.2) is 0 Å². The number of fused-ring (bicyclic) bond motifs is 1. The minimum atomic E-state index is 0.239. The first kappa shape index (κ1) is 20.3. The summed E-state index contributed by atoms with van der Waals surface area (Å²) in [6, 6.07) is 6.08. The molecule has 3 heterocycles. The van der Waals surface area contributed by atoms with Crippen molar-refractivity contribution in [1.82, 2.24) is 20.4 Å². The van der Waals surface area contributed by atoms with Crippen LogP contribution in [0.2, 0.25) is 0 Å². The molecule has 0 spiro atoms. The van der Waals surface area contributed by atoms with E-state index in [2.05, 4.69) is 38.5 Å². The van der Waals surface area contributed by atoms with Crippen LogP contribution in [0.4, 0.5) is 0 Å². The van der Waals surface area contributed by atoms with Gasteiger partial charge in [0.05, 0.1) is 0 Å². The average Bonchev–Trinajstić information content (AvgIpc) is 3.24. The molecule has 0 aliphatic carbocycles. The molecule has 2 N–H and O–H groups in total. The van der Waals surface area contributed by atoms with Crippen LogP contribution in [-0.4, -0.2) is 74.9 Å². The monoisotopic (exact) mass is 401 g/mol. The van der Waals surface area contributed by atoms with Crippen LogP contribution < -0.4 is 20.1 Å². The van der Waals surface area contributed by atoms with Crippen LogP contribution in [0.25, 0.3) is 0 Å². The number of rotatable bonds is 5. The smallest absolute Gasteiger partial charge is 0.231 e. The zero-order valence-electron chi connectivity index (χ0n) is 17.9. The van der Waals surface area contributed by atoms with Crippen molar-refractivity contribution in [3.63, 3.8) is 0 Å². The molecule has 0 radical (unpaired) electrons. The SMILES string of the molecule is CN=C(NCc1ccc2c(c1)OCO2)NCC1(N2CCCCC2)CCN(C)CC1. The van der Waals surface area contributed by atoms with E-state index >= 15 is 0 Å². The van der Waals surface area contributed by atoms with Crippen LogP contribution in [0.3, 0.4) is 0 Å². The molecule has 0 saturated carbocycles. The summed E-state index contributed by atoms with van der Waals surface area (Å²) in [6.07, 6.45) is 6.47. The molecule has 0 bridgehead atoms. The molecular formula is C22H35N5O2. The lowest BCUT2D eigenvalue weighted by Gasteiger charge is -2.50. The first-order chi connectivity index (χ1) is 14.2. The molecule has 3 aliphatic rings. The minimum absolute atomic E-state index is 0.239. The third-order valence-electron chi connectivity index (χ3n) is 6.65. The zero-order valence-corrected chi connectivity index (χ0v) is 17.9. The molecule has 2 saturated heterocycles. The lowest BCUT2D eigenvalue weighted by atomic mass is 9.84. The highest BCUT2D eigenvalue weighted by Crippen LogP contribution is 2.33. The van der Waals surface area contributed by atoms with Gasteiger partial charge in [-0.2, -0.15) is 0 Å². The Kier molecular flexibility index (Phi) is 6.45. The molecule has 1 aromatic carbocycles. The van der Waals surface area contributed by atoms with Crippen LogP contribution in [0, 0.1) is 0 Å². The summed E-state index contributed by atoms with van der Waals surface area (Å²) in [5, 5.41) is 7.10. The predicted octanol–water partition coefficient (Wildman–Crippen LogP) is 2.03. The van der Waals surface area contributed by atoms with Gasteiger partial charge in [0, 0.05) is 25.7 Å². The van der Waals surface area contributed by atoms with Crippen LogP contribution in [0.1, 0.15) is 37.7 Å². The number of hydrogen-bond acceptors (Lipinski definition) is 5. The lowest BCUT2D eigenvalue weighted by molar-refractivity contribution is 0.0173. The van der Waals surface area contributed by atoms with Gasteiger partial charge in [-0.3, -0.25) is 9.89 Å². The van der Waals surface area contributed by atoms with Crippen LogP contribution in [-0.2, 0) is 6.54 Å². The first-order valence-corrected chi connectivity index (χ1v) is 11.0. The molecule has 160 valence electrons. The molecule has 7 nitrogen and oxygen atoms in total. The van der Waals surface area contributed by atoms with Gasteiger partial charge < -0.3 is 25.0 Å². The number of guanidine groups is 1. The van der Waals surface area contributed by atoms with Crippen molar-refractivity contribution in [2.24, 2.45) is 4.99 Å². The van der Waals surface area contributed by atoms with E-state index in [4.69, 9.17) is 9.47 Å². The number of nitrogens with one attached hydrogen (secondary N) is 2. The van der Waals surface area contributed by atoms with Crippen molar-refractivity contribution in [3.05, 3.63) is 23.8 Å². The molecule has 0 atom stereocenters. The Bertz CT molecular complexity index is 709. The van der Waals surface area contributed by atoms with Crippen molar-refractivity contribution < 1.29 is 9.47 Å². The largest absolute Gasteiger partial charge is 0.454 e. The average molecular weight is 402 g/mol. The molecule has 29 heavy (non-hydrogen) atoms. The van der Waals surface area contributed by atoms with Gasteiger partial charge in [0.25, 0.3) is 0 Å². The Morgan fingerprint density at radius 3 is 2.55 bits per heavy atom. The Balaban J connectivity index is 1.35. The van der Waals surface area contributed by atoms with Gasteiger partial charge in [-0.15, -0.1) is 0 Å². The second kappa shape index (κ2) is 9.22. The standard InChI is InChI=1S/C22H35N5O2/c1-23-21(24-15-18-6-7-19-20(14-18)29-17-28-19)25-16-22(8-12-26(2)13-9-22)27-10-4-3-5-11-27/h6-7,14H,3-5,8-13,15-17H2,1-2H3,(H2,23,24,25). The molecule has 1 aromatic rings. The summed E-state index contributed by atoms with van der Waals surface area (Å²) in [6.45, 7) is 6.76. The predicted molar refractivity (Wildman–Crippen MR) is 116 cm³/mol. The summed E-state index contributed by atoms with van der Waals surface area (Å²) < 4.78 is 10.9. The summed E-state index contributed by atoms with van der Waals surface area (Å²) in [4.78, 5) is 9.67. The Labute approximate surface area is 174 Å². The Hall–Kier alpha value is -1.99. The normalized spacial score (nSPS) is 22.5. The number of aliphatic imine (C=N–C) groups is 1. The van der Waals surface area contributed by atoms with Gasteiger partial charge in [0.1, 0.15) is 0 Å². The topological polar surface area (TPSA) is 61.4 Å². The molecule has 7 heteroatoms. The first-order valence-electron chi connectivity index (χ1n) is 11.0. The summed E-state index contributed by atoms with van der Waals surface area (Å²) in [5.74, 6) is 2.50. The quantitative estimate of drug-likeness (QED) is 0.582. The maximum absolute atomic E-state index is 5.48. The number of likely N-dealkylation sites (tertiary alicyclic amines) is 2. The highest BCUT2D eigenvalue weighted by atomic mass is 16.7. The molecule has 0 amide bonds. The van der Waals surface area contributed by atoms with Crippen molar-refractivity contribution >= 4 is 5.96 Å². The summed E-state index contributed by atoms with van der Waals surface area (Å²) >= 11 is 0. The maximum atomic E-state index is 5.48. The van der Waals surface area contributed by atoms with E-state index in [1.54, 1.807) is 0 Å². The maximum Gasteiger partial charge on any atom is 0.231 e. The second-order valence-electron chi connectivity index (χ2n) is 8.54. The molecule has 3 aliphatic heterocycles. The lowest BCUT2D eigenvalue weighted by Crippen LogP contribution is -2.62. The van der Waals surface area contributed by atoms with Crippen molar-refractivity contribution in [3.8, 4) is 11.5 Å². The molecule has 2 fully saturated rings. The third kappa shape index (κ3) is 4.78. The highest BCUT2D eigenvalue weighted by molar-refractivity contribution is 5.79. The van der Waals surface area contributed by atoms with E-state index < -0.39 is 0 Å². The number of hydrogen-bond donors (Lipinski definition) is 2. The number of piperidine rings is 2. The summed E-state index contributed by atoms with van der Waals surface area (Å²) in [7, 11) is 4.08. The molecule has 0 aromatic heterocycles. The van der Waals surface area contributed by atoms with Gasteiger partial charge in [-0.1, -0.05) is 12.5 Å². The fraction of sp³-hybridized carbons (Fsp3) is 0.682. The van der Waals surface area contributed by atoms with E-state index in [-0.39, 0.29) is 5.54 Å². The van der Waals surface area contributed by atoms with E-state index in [1.165, 1.54) is 58.3 Å². The third-order valence-corrected chi connectivity index (χ3v) is 6.65. The van der Waals surface area contributed by atoms with Crippen LogP contribution in [0.5, 0.6) is 11.5 Å². The van der Waals surface area contributed by atoms with E-state index in [0.29, 0.717) is 13.3 Å². The number of benzene rings is 1. The number of nitrogens with zero attached hydrogens (tertiary/aromatic N) is 3. The fourth-order valence-corrected chi connectivity index (χ4v) is 4.71. The Morgan fingerprint density at radius 1 is 1.03 bits per heavy atom.